The Balaban J connectivity index is 0.00000312. The first-order valence-corrected chi connectivity index (χ1v) is 7.54. The van der Waals surface area contributed by atoms with Gasteiger partial charge in [0, 0.05) is 16.1 Å². The molecule has 0 aliphatic heterocycles. The summed E-state index contributed by atoms with van der Waals surface area (Å²) in [6.07, 6.45) is 1.55. The van der Waals surface area contributed by atoms with Crippen LogP contribution >= 0.6 is 11.6 Å². The number of non-ortho nitro benzene ring substituents is 1. The number of benzene rings is 2. The maximum Gasteiger partial charge on any atom is 1.00 e. The predicted molar refractivity (Wildman–Crippen MR) is 91.4 cm³/mol. The van der Waals surface area contributed by atoms with Gasteiger partial charge in [-0.1, -0.05) is 47.5 Å². The minimum Gasteiger partial charge on any atom is -1.00 e. The van der Waals surface area contributed by atoms with Crippen LogP contribution in [0.1, 0.15) is 25.4 Å². The van der Waals surface area contributed by atoms with E-state index >= 15 is 0 Å². The number of allylic oxidation sites excluding steroid dienone is 1. The van der Waals surface area contributed by atoms with Crippen LogP contribution in [0.15, 0.2) is 48.5 Å². The molecule has 0 heterocycles. The second kappa shape index (κ2) is 10.1. The number of alkyl halides is 1. The zero-order valence-corrected chi connectivity index (χ0v) is 14.3. The van der Waals surface area contributed by atoms with Crippen molar-refractivity contribution in [2.75, 3.05) is 0 Å². The van der Waals surface area contributed by atoms with Gasteiger partial charge in [0.2, 0.25) is 0 Å². The van der Waals surface area contributed by atoms with E-state index in [1.54, 1.807) is 30.3 Å². The van der Waals surface area contributed by atoms with Crippen LogP contribution in [0.2, 0.25) is 5.02 Å². The van der Waals surface area contributed by atoms with E-state index in [0.29, 0.717) is 21.7 Å². The molecule has 126 valence electrons. The molecule has 0 spiro atoms. The molecule has 0 unspecified atom stereocenters. The van der Waals surface area contributed by atoms with Crippen LogP contribution in [0.5, 0.6) is 0 Å². The topological polar surface area (TPSA) is 60.2 Å². The summed E-state index contributed by atoms with van der Waals surface area (Å²) < 4.78 is 13.1. The minimum absolute atomic E-state index is 0. The summed E-state index contributed by atoms with van der Waals surface area (Å²) in [6, 6.07) is 14.1. The zero-order valence-electron chi connectivity index (χ0n) is 14.5. The summed E-state index contributed by atoms with van der Waals surface area (Å²) in [5.74, 6) is 0. The molecule has 1 atom stereocenters. The Hall–Kier alpha value is -1.93. The average Bonchev–Trinajstić information content (AvgIpc) is 2.59. The quantitative estimate of drug-likeness (QED) is 0.330. The van der Waals surface area contributed by atoms with Gasteiger partial charge in [-0.25, -0.2) is 6.29 Å². The molecular formula is C18H14ClFLiNO3-2. The zero-order chi connectivity index (χ0) is 17.5. The van der Waals surface area contributed by atoms with Crippen LogP contribution in [0.4, 0.5) is 10.1 Å². The molecule has 0 aromatic heterocycles. The van der Waals surface area contributed by atoms with Gasteiger partial charge in [0.15, 0.2) is 5.69 Å². The molecule has 2 aromatic rings. The van der Waals surface area contributed by atoms with Crippen LogP contribution in [-0.4, -0.2) is 17.4 Å². The molecule has 0 amide bonds. The standard InChI is InChI=1S/C18H13ClFNO3.Li.H/c19-18-10-2-1-8-17(18)16(9-4-6-14(20)12-22)13-5-3-7-15(11-13)21(23)24;;/h1-3,7-11,14H,4,6H2;;/q-2;+1;-1/b16-9+;;/t14-;;/m1../s1. The number of nitrogens with zero attached hydrogens (tertiary/aromatic N) is 1. The van der Waals surface area contributed by atoms with Crippen molar-refractivity contribution in [2.24, 2.45) is 0 Å². The molecular weight excluding hydrogens is 340 g/mol. The largest absolute Gasteiger partial charge is 1.00 e. The van der Waals surface area contributed by atoms with Crippen LogP contribution < -0.4 is 18.9 Å². The monoisotopic (exact) mass is 353 g/mol. The molecule has 0 bridgehead atoms. The molecule has 4 nitrogen and oxygen atoms in total. The third kappa shape index (κ3) is 5.82. The Bertz CT molecular complexity index is 789. The first-order valence-electron chi connectivity index (χ1n) is 7.16. The van der Waals surface area contributed by atoms with E-state index in [9.17, 15) is 19.3 Å². The fourth-order valence-corrected chi connectivity index (χ4v) is 2.44. The summed E-state index contributed by atoms with van der Waals surface area (Å²) in [5, 5.41) is 11.4. The number of nitro benzene ring substituents is 1. The molecule has 0 saturated heterocycles. The Morgan fingerprint density at radius 3 is 2.80 bits per heavy atom. The van der Waals surface area contributed by atoms with E-state index < -0.39 is 11.1 Å². The van der Waals surface area contributed by atoms with Gasteiger partial charge in [0.05, 0.1) is 0 Å². The summed E-state index contributed by atoms with van der Waals surface area (Å²) in [6.45, 7) is 0. The molecule has 0 saturated carbocycles. The summed E-state index contributed by atoms with van der Waals surface area (Å²) in [4.78, 5) is 20.7. The number of carbonyl (C=O) groups excluding carboxylic acids is 1. The van der Waals surface area contributed by atoms with Crippen molar-refractivity contribution in [3.63, 3.8) is 0 Å². The SMILES string of the molecule is O=[C-][C@H](F)CC/C=C(\c1[c-]ccc([N+](=O)[O-])c1)c1ccccc1Cl.[H-].[Li+]. The summed E-state index contributed by atoms with van der Waals surface area (Å²) >= 11 is 6.21. The number of rotatable bonds is 7. The van der Waals surface area contributed by atoms with E-state index in [4.69, 9.17) is 11.6 Å². The van der Waals surface area contributed by atoms with Crippen molar-refractivity contribution < 1.29 is 34.4 Å². The smallest absolute Gasteiger partial charge is 1.00 e. The Kier molecular flexibility index (Phi) is 8.57. The third-order valence-corrected chi connectivity index (χ3v) is 3.68. The predicted octanol–water partition coefficient (Wildman–Crippen LogP) is 1.82. The average molecular weight is 354 g/mol. The summed E-state index contributed by atoms with van der Waals surface area (Å²) in [7, 11) is 0. The van der Waals surface area contributed by atoms with Crippen LogP contribution in [0.3, 0.4) is 0 Å². The van der Waals surface area contributed by atoms with Crippen molar-refractivity contribution in [3.8, 4) is 0 Å². The van der Waals surface area contributed by atoms with Crippen molar-refractivity contribution >= 4 is 29.1 Å². The maximum absolute atomic E-state index is 13.1. The van der Waals surface area contributed by atoms with Gasteiger partial charge in [0.1, 0.15) is 0 Å². The van der Waals surface area contributed by atoms with Crippen molar-refractivity contribution in [3.05, 3.63) is 80.9 Å². The molecule has 0 aliphatic carbocycles. The van der Waals surface area contributed by atoms with Gasteiger partial charge < -0.3 is 6.22 Å². The molecule has 0 N–H and O–H groups in total. The van der Waals surface area contributed by atoms with Crippen LogP contribution in [0, 0.1) is 16.2 Å². The number of nitro groups is 1. The van der Waals surface area contributed by atoms with Gasteiger partial charge in [-0.15, -0.1) is 23.8 Å². The molecule has 2 rings (SSSR count). The fraction of sp³-hybridized carbons (Fsp3) is 0.167. The molecule has 25 heavy (non-hydrogen) atoms. The van der Waals surface area contributed by atoms with E-state index in [1.165, 1.54) is 24.5 Å². The first-order chi connectivity index (χ1) is 11.5. The van der Waals surface area contributed by atoms with E-state index in [-0.39, 0.29) is 38.8 Å². The van der Waals surface area contributed by atoms with Gasteiger partial charge >= 0.3 is 18.9 Å². The minimum atomic E-state index is -1.66. The number of halogens is 2. The molecule has 0 aliphatic rings. The molecule has 2 aromatic carbocycles. The second-order valence-corrected chi connectivity index (χ2v) is 5.39. The van der Waals surface area contributed by atoms with E-state index in [0.717, 1.165) is 0 Å². The van der Waals surface area contributed by atoms with E-state index in [1.807, 2.05) is 0 Å². The van der Waals surface area contributed by atoms with Gasteiger partial charge in [0.25, 0.3) is 0 Å². The van der Waals surface area contributed by atoms with Gasteiger partial charge in [-0.3, -0.25) is 14.5 Å². The van der Waals surface area contributed by atoms with Crippen molar-refractivity contribution in [1.82, 2.24) is 0 Å². The fourth-order valence-electron chi connectivity index (χ4n) is 2.20. The van der Waals surface area contributed by atoms with Crippen LogP contribution in [-0.2, 0) is 4.79 Å². The third-order valence-electron chi connectivity index (χ3n) is 3.35. The van der Waals surface area contributed by atoms with E-state index in [2.05, 4.69) is 6.07 Å². The normalized spacial score (nSPS) is 12.2. The Morgan fingerprint density at radius 1 is 1.44 bits per heavy atom. The van der Waals surface area contributed by atoms with Gasteiger partial charge in [-0.05, 0) is 24.5 Å². The number of hydrogen-bond donors (Lipinski definition) is 0. The first kappa shape index (κ1) is 21.1. The van der Waals surface area contributed by atoms with Gasteiger partial charge in [-0.2, -0.15) is 0 Å². The molecule has 0 fully saturated rings. The molecule has 7 heteroatoms. The second-order valence-electron chi connectivity index (χ2n) is 4.98. The van der Waals surface area contributed by atoms with Crippen molar-refractivity contribution in [2.45, 2.75) is 19.0 Å². The van der Waals surface area contributed by atoms with Crippen LogP contribution in [0.25, 0.3) is 5.57 Å². The Labute approximate surface area is 163 Å². The Morgan fingerprint density at radius 2 is 2.16 bits per heavy atom. The summed E-state index contributed by atoms with van der Waals surface area (Å²) in [5.41, 5.74) is 1.65. The van der Waals surface area contributed by atoms with Crippen molar-refractivity contribution in [1.29, 1.82) is 0 Å². The number of hydrogen-bond acceptors (Lipinski definition) is 3. The molecule has 0 radical (unpaired) electrons. The maximum atomic E-state index is 13.1.